The van der Waals surface area contributed by atoms with Gasteiger partial charge in [0, 0.05) is 19.6 Å². The molecule has 0 aromatic rings. The van der Waals surface area contributed by atoms with Crippen molar-refractivity contribution in [3.8, 4) is 0 Å². The smallest absolute Gasteiger partial charge is 0.327 e. The van der Waals surface area contributed by atoms with Crippen molar-refractivity contribution in [2.45, 2.75) is 59.4 Å². The Balaban J connectivity index is 2.12. The van der Waals surface area contributed by atoms with Crippen LogP contribution >= 0.6 is 0 Å². The van der Waals surface area contributed by atoms with E-state index in [2.05, 4.69) is 13.8 Å². The second-order valence-electron chi connectivity index (χ2n) is 7.96. The Labute approximate surface area is 127 Å². The van der Waals surface area contributed by atoms with E-state index in [1.165, 1.54) is 0 Å². The van der Waals surface area contributed by atoms with Crippen molar-refractivity contribution < 1.29 is 14.7 Å². The molecule has 0 saturated carbocycles. The summed E-state index contributed by atoms with van der Waals surface area (Å²) in [5.41, 5.74) is -0.0844. The van der Waals surface area contributed by atoms with Gasteiger partial charge in [-0.15, -0.1) is 0 Å². The van der Waals surface area contributed by atoms with Gasteiger partial charge in [0.15, 0.2) is 0 Å². The lowest BCUT2D eigenvalue weighted by Gasteiger charge is -2.47. The maximum Gasteiger partial charge on any atom is 0.327 e. The van der Waals surface area contributed by atoms with E-state index in [4.69, 9.17) is 0 Å². The molecule has 0 bridgehead atoms. The van der Waals surface area contributed by atoms with Crippen LogP contribution in [-0.4, -0.2) is 52.6 Å². The highest BCUT2D eigenvalue weighted by Gasteiger charge is 2.46. The average Bonchev–Trinajstić information content (AvgIpc) is 2.36. The van der Waals surface area contributed by atoms with E-state index in [0.717, 1.165) is 38.8 Å². The van der Waals surface area contributed by atoms with Crippen molar-refractivity contribution in [3.63, 3.8) is 0 Å². The summed E-state index contributed by atoms with van der Waals surface area (Å²) in [6, 6.07) is -0.806. The molecule has 2 fully saturated rings. The zero-order chi connectivity index (χ0) is 15.8. The molecule has 0 radical (unpaired) electrons. The van der Waals surface area contributed by atoms with Crippen molar-refractivity contribution in [1.29, 1.82) is 0 Å². The maximum absolute atomic E-state index is 12.8. The molecule has 0 spiro atoms. The van der Waals surface area contributed by atoms with Gasteiger partial charge in [0.1, 0.15) is 6.04 Å². The molecular weight excluding hydrogens is 268 g/mol. The molecular formula is C16H28N2O3. The van der Waals surface area contributed by atoms with Gasteiger partial charge in [0.05, 0.1) is 0 Å². The number of carbonyl (C=O) groups excluding carboxylic acids is 1. The van der Waals surface area contributed by atoms with Gasteiger partial charge in [-0.25, -0.2) is 9.59 Å². The number of carbonyl (C=O) groups is 2. The van der Waals surface area contributed by atoms with Crippen molar-refractivity contribution in [2.24, 2.45) is 10.8 Å². The Morgan fingerprint density at radius 1 is 1.00 bits per heavy atom. The Morgan fingerprint density at radius 2 is 1.57 bits per heavy atom. The quantitative estimate of drug-likeness (QED) is 0.809. The van der Waals surface area contributed by atoms with Gasteiger partial charge in [-0.1, -0.05) is 27.7 Å². The van der Waals surface area contributed by atoms with Crippen LogP contribution in [-0.2, 0) is 4.79 Å². The number of nitrogens with zero attached hydrogens (tertiary/aromatic N) is 2. The maximum atomic E-state index is 12.8. The van der Waals surface area contributed by atoms with Crippen LogP contribution in [0.2, 0.25) is 0 Å². The molecule has 2 saturated heterocycles. The molecule has 1 unspecified atom stereocenters. The summed E-state index contributed by atoms with van der Waals surface area (Å²) in [6.45, 7) is 10.4. The molecule has 120 valence electrons. The van der Waals surface area contributed by atoms with Crippen LogP contribution < -0.4 is 0 Å². The summed E-state index contributed by atoms with van der Waals surface area (Å²) in [6.07, 6.45) is 3.68. The summed E-state index contributed by atoms with van der Waals surface area (Å²) < 4.78 is 0. The zero-order valence-electron chi connectivity index (χ0n) is 13.7. The molecule has 0 aromatic heterocycles. The van der Waals surface area contributed by atoms with Crippen LogP contribution in [0.4, 0.5) is 4.79 Å². The summed E-state index contributed by atoms with van der Waals surface area (Å²) in [5, 5.41) is 9.56. The number of rotatable bonds is 1. The Bertz CT molecular complexity index is 421. The molecule has 2 heterocycles. The number of urea groups is 1. The predicted molar refractivity (Wildman–Crippen MR) is 81.1 cm³/mol. The van der Waals surface area contributed by atoms with Crippen molar-refractivity contribution in [1.82, 2.24) is 9.80 Å². The van der Waals surface area contributed by atoms with Gasteiger partial charge in [-0.05, 0) is 36.5 Å². The number of likely N-dealkylation sites (tertiary alicyclic amines) is 2. The normalized spacial score (nSPS) is 28.3. The topological polar surface area (TPSA) is 60.9 Å². The van der Waals surface area contributed by atoms with Gasteiger partial charge < -0.3 is 14.9 Å². The van der Waals surface area contributed by atoms with Crippen molar-refractivity contribution >= 4 is 12.0 Å². The number of carboxylic acid groups (broad SMARTS) is 1. The molecule has 0 aliphatic carbocycles. The SMILES string of the molecule is CC1(C)CCN(C(=O)N2CCCC(C)(C)C2C(=O)O)CC1. The predicted octanol–water partition coefficient (Wildman–Crippen LogP) is 2.80. The van der Waals surface area contributed by atoms with E-state index in [1.54, 1.807) is 4.90 Å². The molecule has 1 atom stereocenters. The second-order valence-corrected chi connectivity index (χ2v) is 7.96. The monoisotopic (exact) mass is 296 g/mol. The van der Waals surface area contributed by atoms with Crippen LogP contribution in [0, 0.1) is 10.8 Å². The molecule has 0 aromatic carbocycles. The minimum Gasteiger partial charge on any atom is -0.480 e. The Morgan fingerprint density at radius 3 is 2.10 bits per heavy atom. The second kappa shape index (κ2) is 5.50. The minimum absolute atomic E-state index is 0.0920. The number of hydrogen-bond acceptors (Lipinski definition) is 2. The summed E-state index contributed by atoms with van der Waals surface area (Å²) >= 11 is 0. The lowest BCUT2D eigenvalue weighted by molar-refractivity contribution is -0.148. The molecule has 5 heteroatoms. The van der Waals surface area contributed by atoms with E-state index in [-0.39, 0.29) is 16.9 Å². The first-order valence-corrected chi connectivity index (χ1v) is 7.92. The number of carboxylic acids is 1. The van der Waals surface area contributed by atoms with Gasteiger partial charge in [0.2, 0.25) is 0 Å². The van der Waals surface area contributed by atoms with E-state index < -0.39 is 12.0 Å². The molecule has 2 amide bonds. The highest BCUT2D eigenvalue weighted by molar-refractivity contribution is 5.83. The van der Waals surface area contributed by atoms with Crippen LogP contribution in [0.25, 0.3) is 0 Å². The zero-order valence-corrected chi connectivity index (χ0v) is 13.7. The third-order valence-corrected chi connectivity index (χ3v) is 5.14. The molecule has 2 aliphatic heterocycles. The van der Waals surface area contributed by atoms with Gasteiger partial charge in [-0.3, -0.25) is 0 Å². The third kappa shape index (κ3) is 3.33. The van der Waals surface area contributed by atoms with E-state index >= 15 is 0 Å². The molecule has 2 aliphatic rings. The Kier molecular flexibility index (Phi) is 4.22. The molecule has 5 nitrogen and oxygen atoms in total. The number of aliphatic carboxylic acids is 1. The van der Waals surface area contributed by atoms with Crippen LogP contribution in [0.3, 0.4) is 0 Å². The number of amides is 2. The van der Waals surface area contributed by atoms with Crippen molar-refractivity contribution in [3.05, 3.63) is 0 Å². The number of hydrogen-bond donors (Lipinski definition) is 1. The summed E-state index contributed by atoms with van der Waals surface area (Å²) in [5.74, 6) is -0.884. The fraction of sp³-hybridized carbons (Fsp3) is 0.875. The van der Waals surface area contributed by atoms with Crippen molar-refractivity contribution in [2.75, 3.05) is 19.6 Å². The first kappa shape index (κ1) is 16.1. The van der Waals surface area contributed by atoms with Crippen LogP contribution in [0.15, 0.2) is 0 Å². The standard InChI is InChI=1S/C16H28N2O3/c1-15(2)7-10-17(11-8-15)14(21)18-9-5-6-16(3,4)12(18)13(19)20/h12H,5-11H2,1-4H3,(H,19,20). The highest BCUT2D eigenvalue weighted by Crippen LogP contribution is 2.37. The Hall–Kier alpha value is -1.26. The van der Waals surface area contributed by atoms with E-state index in [9.17, 15) is 14.7 Å². The summed E-state index contributed by atoms with van der Waals surface area (Å²) in [7, 11) is 0. The summed E-state index contributed by atoms with van der Waals surface area (Å²) in [4.78, 5) is 27.8. The first-order valence-electron chi connectivity index (χ1n) is 7.92. The average molecular weight is 296 g/mol. The lowest BCUT2D eigenvalue weighted by Crippen LogP contribution is -2.60. The van der Waals surface area contributed by atoms with E-state index in [0.29, 0.717) is 6.54 Å². The molecule has 1 N–H and O–H groups in total. The molecule has 2 rings (SSSR count). The molecule has 21 heavy (non-hydrogen) atoms. The van der Waals surface area contributed by atoms with Crippen LogP contribution in [0.5, 0.6) is 0 Å². The lowest BCUT2D eigenvalue weighted by atomic mass is 9.76. The van der Waals surface area contributed by atoms with Gasteiger partial charge in [-0.2, -0.15) is 0 Å². The third-order valence-electron chi connectivity index (χ3n) is 5.14. The largest absolute Gasteiger partial charge is 0.480 e. The minimum atomic E-state index is -0.884. The number of piperidine rings is 2. The van der Waals surface area contributed by atoms with Crippen LogP contribution in [0.1, 0.15) is 53.4 Å². The fourth-order valence-electron chi connectivity index (χ4n) is 3.55. The van der Waals surface area contributed by atoms with Gasteiger partial charge in [0.25, 0.3) is 0 Å². The van der Waals surface area contributed by atoms with E-state index in [1.807, 2.05) is 18.7 Å². The van der Waals surface area contributed by atoms with Gasteiger partial charge >= 0.3 is 12.0 Å². The first-order chi connectivity index (χ1) is 9.64. The fourth-order valence-corrected chi connectivity index (χ4v) is 3.55. The highest BCUT2D eigenvalue weighted by atomic mass is 16.4.